The molecular formula is C16H16FNO3. The number of carbonyl (C=O) groups is 1. The number of nitrogens with one attached hydrogen (secondary N) is 1. The summed E-state index contributed by atoms with van der Waals surface area (Å²) in [5.74, 6) is -1.51. The molecule has 5 heteroatoms. The van der Waals surface area contributed by atoms with Gasteiger partial charge in [-0.3, -0.25) is 10.1 Å². The molecule has 0 amide bonds. The Morgan fingerprint density at radius 3 is 2.19 bits per heavy atom. The smallest absolute Gasteiger partial charge is 0.325 e. The van der Waals surface area contributed by atoms with E-state index in [4.69, 9.17) is 0 Å². The SMILES string of the molecule is O=C(O)[C@@H](N[C@@H](CO)c1ccccc1)c1ccc(F)cc1. The van der Waals surface area contributed by atoms with Gasteiger partial charge in [0.2, 0.25) is 0 Å². The summed E-state index contributed by atoms with van der Waals surface area (Å²) in [6.45, 7) is -0.241. The summed E-state index contributed by atoms with van der Waals surface area (Å²) in [5.41, 5.74) is 1.21. The van der Waals surface area contributed by atoms with Crippen molar-refractivity contribution in [3.63, 3.8) is 0 Å². The molecule has 2 rings (SSSR count). The zero-order valence-electron chi connectivity index (χ0n) is 11.2. The summed E-state index contributed by atoms with van der Waals surface area (Å²) in [6, 6.07) is 12.8. The van der Waals surface area contributed by atoms with Gasteiger partial charge < -0.3 is 10.2 Å². The molecule has 110 valence electrons. The number of hydrogen-bond donors (Lipinski definition) is 3. The third-order valence-corrected chi connectivity index (χ3v) is 3.20. The Bertz CT molecular complexity index is 586. The zero-order chi connectivity index (χ0) is 15.2. The first-order valence-electron chi connectivity index (χ1n) is 6.52. The molecule has 0 heterocycles. The van der Waals surface area contributed by atoms with Crippen LogP contribution >= 0.6 is 0 Å². The number of aliphatic hydroxyl groups excluding tert-OH is 1. The summed E-state index contributed by atoms with van der Waals surface area (Å²) in [6.07, 6.45) is 0. The van der Waals surface area contributed by atoms with Crippen LogP contribution in [0.1, 0.15) is 23.2 Å². The molecule has 0 bridgehead atoms. The van der Waals surface area contributed by atoms with E-state index in [1.54, 1.807) is 12.1 Å². The van der Waals surface area contributed by atoms with Gasteiger partial charge in [0.05, 0.1) is 12.6 Å². The molecule has 4 nitrogen and oxygen atoms in total. The summed E-state index contributed by atoms with van der Waals surface area (Å²) in [4.78, 5) is 11.4. The predicted octanol–water partition coefficient (Wildman–Crippen LogP) is 2.27. The van der Waals surface area contributed by atoms with Crippen LogP contribution in [0.25, 0.3) is 0 Å². The number of halogens is 1. The van der Waals surface area contributed by atoms with E-state index in [1.807, 2.05) is 18.2 Å². The van der Waals surface area contributed by atoms with Crippen molar-refractivity contribution in [3.05, 3.63) is 71.5 Å². The minimum absolute atomic E-state index is 0.241. The van der Waals surface area contributed by atoms with Crippen LogP contribution in [-0.4, -0.2) is 22.8 Å². The molecule has 3 N–H and O–H groups in total. The minimum Gasteiger partial charge on any atom is -0.480 e. The largest absolute Gasteiger partial charge is 0.480 e. The fourth-order valence-electron chi connectivity index (χ4n) is 2.11. The maximum Gasteiger partial charge on any atom is 0.325 e. The van der Waals surface area contributed by atoms with Gasteiger partial charge in [0.1, 0.15) is 11.9 Å². The van der Waals surface area contributed by atoms with Crippen LogP contribution in [0.4, 0.5) is 4.39 Å². The lowest BCUT2D eigenvalue weighted by Gasteiger charge is -2.22. The topological polar surface area (TPSA) is 69.6 Å². The van der Waals surface area contributed by atoms with E-state index in [2.05, 4.69) is 5.32 Å². The average molecular weight is 289 g/mol. The lowest BCUT2D eigenvalue weighted by Crippen LogP contribution is -2.33. The Labute approximate surface area is 121 Å². The number of hydrogen-bond acceptors (Lipinski definition) is 3. The third kappa shape index (κ3) is 3.87. The molecule has 0 saturated heterocycles. The van der Waals surface area contributed by atoms with Crippen molar-refractivity contribution in [2.24, 2.45) is 0 Å². The number of aliphatic carboxylic acids is 1. The van der Waals surface area contributed by atoms with Crippen molar-refractivity contribution in [1.29, 1.82) is 0 Å². The van der Waals surface area contributed by atoms with E-state index in [1.165, 1.54) is 24.3 Å². The van der Waals surface area contributed by atoms with Gasteiger partial charge in [0, 0.05) is 0 Å². The Kier molecular flexibility index (Phi) is 5.03. The van der Waals surface area contributed by atoms with Gasteiger partial charge in [-0.05, 0) is 23.3 Å². The molecule has 0 aliphatic heterocycles. The summed E-state index contributed by atoms with van der Waals surface area (Å²) in [5, 5.41) is 21.7. The quantitative estimate of drug-likeness (QED) is 0.763. The van der Waals surface area contributed by atoms with Gasteiger partial charge in [-0.25, -0.2) is 4.39 Å². The van der Waals surface area contributed by atoms with Crippen LogP contribution in [0.15, 0.2) is 54.6 Å². The highest BCUT2D eigenvalue weighted by Crippen LogP contribution is 2.20. The molecule has 0 radical (unpaired) electrons. The first kappa shape index (κ1) is 15.2. The second kappa shape index (κ2) is 6.97. The molecule has 0 aliphatic carbocycles. The van der Waals surface area contributed by atoms with Crippen molar-refractivity contribution >= 4 is 5.97 Å². The van der Waals surface area contributed by atoms with E-state index >= 15 is 0 Å². The number of carboxylic acids is 1. The van der Waals surface area contributed by atoms with Gasteiger partial charge in [0.15, 0.2) is 0 Å². The molecule has 0 fully saturated rings. The minimum atomic E-state index is -1.09. The summed E-state index contributed by atoms with van der Waals surface area (Å²) in [7, 11) is 0. The van der Waals surface area contributed by atoms with Crippen LogP contribution in [0.5, 0.6) is 0 Å². The van der Waals surface area contributed by atoms with Crippen LogP contribution in [0.3, 0.4) is 0 Å². The van der Waals surface area contributed by atoms with E-state index in [9.17, 15) is 19.4 Å². The highest BCUT2D eigenvalue weighted by molar-refractivity contribution is 5.75. The monoisotopic (exact) mass is 289 g/mol. The van der Waals surface area contributed by atoms with Gasteiger partial charge in [-0.1, -0.05) is 42.5 Å². The first-order valence-corrected chi connectivity index (χ1v) is 6.52. The lowest BCUT2D eigenvalue weighted by molar-refractivity contribution is -0.140. The molecule has 0 spiro atoms. The maximum atomic E-state index is 12.9. The van der Waals surface area contributed by atoms with Crippen molar-refractivity contribution in [2.45, 2.75) is 12.1 Å². The molecule has 2 aromatic carbocycles. The van der Waals surface area contributed by atoms with Crippen molar-refractivity contribution in [1.82, 2.24) is 5.32 Å². The second-order valence-corrected chi connectivity index (χ2v) is 4.64. The van der Waals surface area contributed by atoms with E-state index in [0.29, 0.717) is 5.56 Å². The normalized spacial score (nSPS) is 13.6. The Morgan fingerprint density at radius 1 is 1.05 bits per heavy atom. The van der Waals surface area contributed by atoms with Gasteiger partial charge in [-0.15, -0.1) is 0 Å². The van der Waals surface area contributed by atoms with Crippen molar-refractivity contribution in [2.75, 3.05) is 6.61 Å². The van der Waals surface area contributed by atoms with Crippen molar-refractivity contribution in [3.8, 4) is 0 Å². The lowest BCUT2D eigenvalue weighted by atomic mass is 10.0. The average Bonchev–Trinajstić information content (AvgIpc) is 2.50. The van der Waals surface area contributed by atoms with Gasteiger partial charge >= 0.3 is 5.97 Å². The third-order valence-electron chi connectivity index (χ3n) is 3.20. The Balaban J connectivity index is 2.23. The second-order valence-electron chi connectivity index (χ2n) is 4.64. The highest BCUT2D eigenvalue weighted by Gasteiger charge is 2.23. The molecule has 2 aromatic rings. The molecule has 0 unspecified atom stereocenters. The van der Waals surface area contributed by atoms with E-state index < -0.39 is 23.9 Å². The molecule has 0 aromatic heterocycles. The van der Waals surface area contributed by atoms with Crippen molar-refractivity contribution < 1.29 is 19.4 Å². The standard InChI is InChI=1S/C16H16FNO3/c17-13-8-6-12(7-9-13)15(16(20)21)18-14(10-19)11-4-2-1-3-5-11/h1-9,14-15,18-19H,10H2,(H,20,21)/t14-,15-/m0/s1. The van der Waals surface area contributed by atoms with Gasteiger partial charge in [-0.2, -0.15) is 0 Å². The van der Waals surface area contributed by atoms with E-state index in [0.717, 1.165) is 5.56 Å². The Hall–Kier alpha value is -2.24. The fraction of sp³-hybridized carbons (Fsp3) is 0.188. The Morgan fingerprint density at radius 2 is 1.67 bits per heavy atom. The number of rotatable bonds is 6. The zero-order valence-corrected chi connectivity index (χ0v) is 11.2. The first-order chi connectivity index (χ1) is 10.1. The van der Waals surface area contributed by atoms with E-state index in [-0.39, 0.29) is 6.61 Å². The maximum absolute atomic E-state index is 12.9. The summed E-state index contributed by atoms with van der Waals surface area (Å²) < 4.78 is 12.9. The van der Waals surface area contributed by atoms with Crippen LogP contribution in [-0.2, 0) is 4.79 Å². The predicted molar refractivity (Wildman–Crippen MR) is 76.2 cm³/mol. The molecule has 0 saturated carbocycles. The van der Waals surface area contributed by atoms with Crippen LogP contribution in [0.2, 0.25) is 0 Å². The van der Waals surface area contributed by atoms with Gasteiger partial charge in [0.25, 0.3) is 0 Å². The number of carboxylic acid groups (broad SMARTS) is 1. The molecular weight excluding hydrogens is 273 g/mol. The highest BCUT2D eigenvalue weighted by atomic mass is 19.1. The van der Waals surface area contributed by atoms with Crippen LogP contribution in [0, 0.1) is 5.82 Å². The summed E-state index contributed by atoms with van der Waals surface area (Å²) >= 11 is 0. The number of benzene rings is 2. The van der Waals surface area contributed by atoms with Crippen LogP contribution < -0.4 is 5.32 Å². The molecule has 21 heavy (non-hydrogen) atoms. The molecule has 2 atom stereocenters. The number of aliphatic hydroxyl groups is 1. The fourth-order valence-corrected chi connectivity index (χ4v) is 2.11. The molecule has 0 aliphatic rings.